The van der Waals surface area contributed by atoms with Crippen molar-refractivity contribution in [2.45, 2.75) is 19.5 Å². The van der Waals surface area contributed by atoms with E-state index in [2.05, 4.69) is 0 Å². The van der Waals surface area contributed by atoms with E-state index in [-0.39, 0.29) is 17.7 Å². The lowest BCUT2D eigenvalue weighted by molar-refractivity contribution is -0.130. The van der Waals surface area contributed by atoms with Crippen LogP contribution in [0, 0.1) is 6.92 Å². The lowest BCUT2D eigenvalue weighted by atomic mass is 9.93. The fourth-order valence-electron chi connectivity index (χ4n) is 3.75. The molecule has 0 bridgehead atoms. The molecule has 3 aromatic carbocycles. The maximum absolute atomic E-state index is 13.1. The highest BCUT2D eigenvalue weighted by Gasteiger charge is 2.40. The van der Waals surface area contributed by atoms with Crippen molar-refractivity contribution in [1.82, 2.24) is 4.90 Å². The van der Waals surface area contributed by atoms with Crippen LogP contribution in [0.5, 0.6) is 5.75 Å². The van der Waals surface area contributed by atoms with Gasteiger partial charge in [0.25, 0.3) is 5.91 Å². The Balaban J connectivity index is 1.78. The van der Waals surface area contributed by atoms with Crippen LogP contribution in [0.25, 0.3) is 5.57 Å². The number of carbonyl (C=O) groups is 1. The minimum Gasteiger partial charge on any atom is -0.503 e. The van der Waals surface area contributed by atoms with E-state index in [9.17, 15) is 9.90 Å². The average molecular weight is 385 g/mol. The van der Waals surface area contributed by atoms with Crippen LogP contribution >= 0.6 is 0 Å². The van der Waals surface area contributed by atoms with Crippen molar-refractivity contribution < 1.29 is 14.6 Å². The topological polar surface area (TPSA) is 49.8 Å². The number of carbonyl (C=O) groups excluding carboxylic acids is 1. The summed E-state index contributed by atoms with van der Waals surface area (Å²) >= 11 is 0. The first-order valence-electron chi connectivity index (χ1n) is 9.57. The molecule has 4 nitrogen and oxygen atoms in total. The Hall–Kier alpha value is -3.53. The fourth-order valence-corrected chi connectivity index (χ4v) is 3.75. The summed E-state index contributed by atoms with van der Waals surface area (Å²) in [6.07, 6.45) is 0. The first kappa shape index (κ1) is 18.8. The highest BCUT2D eigenvalue weighted by atomic mass is 16.5. The van der Waals surface area contributed by atoms with E-state index in [0.717, 1.165) is 22.4 Å². The SMILES string of the molecule is COc1ccc(C2=C(O)C(=O)N(Cc3ccc(C)cc3)[C@H]2c2ccccc2)cc1. The molecule has 146 valence electrons. The Morgan fingerprint density at radius 2 is 1.59 bits per heavy atom. The summed E-state index contributed by atoms with van der Waals surface area (Å²) in [5.74, 6) is 0.173. The second-order valence-electron chi connectivity index (χ2n) is 7.22. The molecule has 0 aliphatic carbocycles. The molecule has 0 fully saturated rings. The van der Waals surface area contributed by atoms with Crippen LogP contribution in [0.15, 0.2) is 84.6 Å². The third-order valence-corrected chi connectivity index (χ3v) is 5.29. The second-order valence-corrected chi connectivity index (χ2v) is 7.22. The van der Waals surface area contributed by atoms with Gasteiger partial charge in [-0.05, 0) is 35.7 Å². The van der Waals surface area contributed by atoms with Crippen LogP contribution < -0.4 is 4.74 Å². The van der Waals surface area contributed by atoms with Crippen molar-refractivity contribution in [3.63, 3.8) is 0 Å². The van der Waals surface area contributed by atoms with Crippen LogP contribution in [0.2, 0.25) is 0 Å². The van der Waals surface area contributed by atoms with Gasteiger partial charge >= 0.3 is 0 Å². The molecule has 4 heteroatoms. The first-order chi connectivity index (χ1) is 14.1. The maximum atomic E-state index is 13.1. The molecule has 0 radical (unpaired) electrons. The zero-order chi connectivity index (χ0) is 20.4. The molecule has 1 aliphatic heterocycles. The molecule has 0 unspecified atom stereocenters. The van der Waals surface area contributed by atoms with E-state index in [1.54, 1.807) is 12.0 Å². The van der Waals surface area contributed by atoms with E-state index in [1.807, 2.05) is 85.8 Å². The lowest BCUT2D eigenvalue weighted by Crippen LogP contribution is -2.29. The Bertz CT molecular complexity index is 1040. The summed E-state index contributed by atoms with van der Waals surface area (Å²) in [6.45, 7) is 2.45. The summed E-state index contributed by atoms with van der Waals surface area (Å²) < 4.78 is 5.25. The van der Waals surface area contributed by atoms with Crippen molar-refractivity contribution in [3.05, 3.63) is 107 Å². The van der Waals surface area contributed by atoms with Gasteiger partial charge in [-0.3, -0.25) is 4.79 Å². The molecule has 1 heterocycles. The average Bonchev–Trinajstić information content (AvgIpc) is 3.01. The minimum absolute atomic E-state index is 0.198. The fraction of sp³-hybridized carbons (Fsp3) is 0.160. The van der Waals surface area contributed by atoms with Gasteiger partial charge in [-0.2, -0.15) is 0 Å². The molecule has 0 saturated carbocycles. The van der Waals surface area contributed by atoms with Crippen LogP contribution in [-0.2, 0) is 11.3 Å². The van der Waals surface area contributed by atoms with Gasteiger partial charge in [0, 0.05) is 12.1 Å². The second kappa shape index (κ2) is 7.84. The predicted molar refractivity (Wildman–Crippen MR) is 113 cm³/mol. The van der Waals surface area contributed by atoms with Gasteiger partial charge in [0.15, 0.2) is 5.76 Å². The van der Waals surface area contributed by atoms with Crippen molar-refractivity contribution in [1.29, 1.82) is 0 Å². The molecule has 29 heavy (non-hydrogen) atoms. The molecule has 0 spiro atoms. The number of aliphatic hydroxyl groups excluding tert-OH is 1. The van der Waals surface area contributed by atoms with Crippen LogP contribution in [0.4, 0.5) is 0 Å². The van der Waals surface area contributed by atoms with E-state index >= 15 is 0 Å². The first-order valence-corrected chi connectivity index (χ1v) is 9.57. The van der Waals surface area contributed by atoms with Gasteiger partial charge in [-0.25, -0.2) is 0 Å². The molecule has 0 aromatic heterocycles. The normalized spacial score (nSPS) is 16.4. The molecule has 0 saturated heterocycles. The molecule has 1 amide bonds. The number of aryl methyl sites for hydroxylation is 1. The number of amides is 1. The molecule has 1 N–H and O–H groups in total. The van der Waals surface area contributed by atoms with Gasteiger partial charge in [-0.1, -0.05) is 72.3 Å². The number of hydrogen-bond acceptors (Lipinski definition) is 3. The Morgan fingerprint density at radius 1 is 0.931 bits per heavy atom. The van der Waals surface area contributed by atoms with E-state index < -0.39 is 0 Å². The maximum Gasteiger partial charge on any atom is 0.290 e. The Labute approximate surface area is 170 Å². The smallest absolute Gasteiger partial charge is 0.290 e. The zero-order valence-corrected chi connectivity index (χ0v) is 16.5. The predicted octanol–water partition coefficient (Wildman–Crippen LogP) is 5.06. The third kappa shape index (κ3) is 3.61. The lowest BCUT2D eigenvalue weighted by Gasteiger charge is -2.27. The van der Waals surface area contributed by atoms with Crippen molar-refractivity contribution in [3.8, 4) is 5.75 Å². The van der Waals surface area contributed by atoms with Gasteiger partial charge in [0.2, 0.25) is 0 Å². The summed E-state index contributed by atoms with van der Waals surface area (Å²) in [4.78, 5) is 14.8. The van der Waals surface area contributed by atoms with Crippen LogP contribution in [-0.4, -0.2) is 23.0 Å². The number of hydrogen-bond donors (Lipinski definition) is 1. The highest BCUT2D eigenvalue weighted by molar-refractivity contribution is 6.05. The largest absolute Gasteiger partial charge is 0.503 e. The van der Waals surface area contributed by atoms with Crippen molar-refractivity contribution in [2.24, 2.45) is 0 Å². The van der Waals surface area contributed by atoms with Gasteiger partial charge in [-0.15, -0.1) is 0 Å². The Kier molecular flexibility index (Phi) is 5.09. The van der Waals surface area contributed by atoms with E-state index in [0.29, 0.717) is 12.1 Å². The van der Waals surface area contributed by atoms with Crippen molar-refractivity contribution in [2.75, 3.05) is 7.11 Å². The minimum atomic E-state index is -0.363. The van der Waals surface area contributed by atoms with Gasteiger partial charge in [0.05, 0.1) is 13.2 Å². The Morgan fingerprint density at radius 3 is 2.21 bits per heavy atom. The van der Waals surface area contributed by atoms with Gasteiger partial charge < -0.3 is 14.7 Å². The number of nitrogens with zero attached hydrogens (tertiary/aromatic N) is 1. The zero-order valence-electron chi connectivity index (χ0n) is 16.5. The number of methoxy groups -OCH3 is 1. The van der Waals surface area contributed by atoms with Crippen LogP contribution in [0.1, 0.15) is 28.3 Å². The highest BCUT2D eigenvalue weighted by Crippen LogP contribution is 2.43. The quantitative estimate of drug-likeness (QED) is 0.668. The number of ether oxygens (including phenoxy) is 1. The number of aliphatic hydroxyl groups is 1. The number of benzene rings is 3. The van der Waals surface area contributed by atoms with Gasteiger partial charge in [0.1, 0.15) is 5.75 Å². The summed E-state index contributed by atoms with van der Waals surface area (Å²) in [5.41, 5.74) is 4.57. The summed E-state index contributed by atoms with van der Waals surface area (Å²) in [5, 5.41) is 10.8. The summed E-state index contributed by atoms with van der Waals surface area (Å²) in [6, 6.07) is 25.0. The van der Waals surface area contributed by atoms with E-state index in [1.165, 1.54) is 5.56 Å². The third-order valence-electron chi connectivity index (χ3n) is 5.29. The molecule has 4 rings (SSSR count). The summed E-state index contributed by atoms with van der Waals surface area (Å²) in [7, 11) is 1.61. The monoisotopic (exact) mass is 385 g/mol. The van der Waals surface area contributed by atoms with E-state index in [4.69, 9.17) is 4.74 Å². The van der Waals surface area contributed by atoms with Crippen molar-refractivity contribution >= 4 is 11.5 Å². The standard InChI is InChI=1S/C25H23NO3/c1-17-8-10-18(11-9-17)16-26-23(20-6-4-3-5-7-20)22(24(27)25(26)28)19-12-14-21(29-2)15-13-19/h3-15,23,27H,16H2,1-2H3/t23-/m0/s1. The van der Waals surface area contributed by atoms with Crippen LogP contribution in [0.3, 0.4) is 0 Å². The molecular formula is C25H23NO3. The number of rotatable bonds is 5. The molecular weight excluding hydrogens is 362 g/mol. The molecule has 3 aromatic rings. The molecule has 1 aliphatic rings. The molecule has 1 atom stereocenters.